The Morgan fingerprint density at radius 1 is 1.62 bits per heavy atom. The van der Waals surface area contributed by atoms with Crippen LogP contribution in [0.2, 0.25) is 0 Å². The van der Waals surface area contributed by atoms with Crippen molar-refractivity contribution in [2.24, 2.45) is 0 Å². The molecule has 1 unspecified atom stereocenters. The second-order valence-corrected chi connectivity index (χ2v) is 3.23. The van der Waals surface area contributed by atoms with Gasteiger partial charge in [0.1, 0.15) is 0 Å². The first-order valence-electron chi connectivity index (χ1n) is 2.05. The maximum absolute atomic E-state index is 8.81. The zero-order valence-corrected chi connectivity index (χ0v) is 7.07. The van der Waals surface area contributed by atoms with Crippen LogP contribution in [0.5, 0.6) is 0 Å². The average molecular weight is 244 g/mol. The molecule has 0 bridgehead atoms. The molecule has 0 amide bonds. The highest BCUT2D eigenvalue weighted by Gasteiger charge is 2.19. The SMILES string of the molecule is OC1OCC(Br)=C1Br. The molecule has 1 aliphatic heterocycles. The number of hydrogen-bond donors (Lipinski definition) is 1. The lowest BCUT2D eigenvalue weighted by atomic mass is 10.6. The standard InChI is InChI=1S/C4H4Br2O2/c5-2-1-8-4(7)3(2)6/h4,7H,1H2. The summed E-state index contributed by atoms with van der Waals surface area (Å²) >= 11 is 6.32. The number of halogens is 2. The Bertz CT molecular complexity index is 132. The van der Waals surface area contributed by atoms with Gasteiger partial charge in [0.25, 0.3) is 0 Å². The highest BCUT2D eigenvalue weighted by atomic mass is 79.9. The lowest BCUT2D eigenvalue weighted by Crippen LogP contribution is -2.03. The van der Waals surface area contributed by atoms with Crippen LogP contribution in [-0.2, 0) is 4.74 Å². The van der Waals surface area contributed by atoms with E-state index in [1.54, 1.807) is 0 Å². The molecule has 1 N–H and O–H groups in total. The number of hydrogen-bond acceptors (Lipinski definition) is 2. The van der Waals surface area contributed by atoms with Crippen molar-refractivity contribution in [1.29, 1.82) is 0 Å². The van der Waals surface area contributed by atoms with Crippen LogP contribution in [0.4, 0.5) is 0 Å². The molecule has 1 rings (SSSR count). The Labute approximate surface area is 63.8 Å². The van der Waals surface area contributed by atoms with Crippen LogP contribution >= 0.6 is 31.9 Å². The Morgan fingerprint density at radius 3 is 2.38 bits per heavy atom. The van der Waals surface area contributed by atoms with Crippen molar-refractivity contribution in [1.82, 2.24) is 0 Å². The number of rotatable bonds is 0. The molecule has 46 valence electrons. The molecule has 0 radical (unpaired) electrons. The van der Waals surface area contributed by atoms with Crippen molar-refractivity contribution in [3.8, 4) is 0 Å². The van der Waals surface area contributed by atoms with E-state index in [1.807, 2.05) is 0 Å². The van der Waals surface area contributed by atoms with Crippen molar-refractivity contribution < 1.29 is 9.84 Å². The molecular formula is C4H4Br2O2. The molecule has 0 spiro atoms. The monoisotopic (exact) mass is 242 g/mol. The fourth-order valence-corrected chi connectivity index (χ4v) is 1.00. The summed E-state index contributed by atoms with van der Waals surface area (Å²) in [6.07, 6.45) is -0.760. The summed E-state index contributed by atoms with van der Waals surface area (Å²) in [6.45, 7) is 0.460. The van der Waals surface area contributed by atoms with E-state index in [1.165, 1.54) is 0 Å². The van der Waals surface area contributed by atoms with Gasteiger partial charge in [-0.05, 0) is 15.9 Å². The van der Waals surface area contributed by atoms with Crippen molar-refractivity contribution in [3.63, 3.8) is 0 Å². The highest BCUT2D eigenvalue weighted by Crippen LogP contribution is 2.28. The molecule has 0 aromatic rings. The van der Waals surface area contributed by atoms with Gasteiger partial charge in [0.15, 0.2) is 6.29 Å². The molecule has 0 aromatic heterocycles. The van der Waals surface area contributed by atoms with E-state index >= 15 is 0 Å². The van der Waals surface area contributed by atoms with Crippen LogP contribution in [-0.4, -0.2) is 18.0 Å². The highest BCUT2D eigenvalue weighted by molar-refractivity contribution is 9.14. The van der Waals surface area contributed by atoms with Crippen LogP contribution in [0.3, 0.4) is 0 Å². The first-order valence-corrected chi connectivity index (χ1v) is 3.64. The van der Waals surface area contributed by atoms with Gasteiger partial charge in [0, 0.05) is 4.48 Å². The Hall–Kier alpha value is 0.620. The molecule has 1 atom stereocenters. The van der Waals surface area contributed by atoms with E-state index in [4.69, 9.17) is 9.84 Å². The molecule has 2 nitrogen and oxygen atoms in total. The summed E-state index contributed by atoms with van der Waals surface area (Å²) in [5.74, 6) is 0. The van der Waals surface area contributed by atoms with Gasteiger partial charge in [-0.1, -0.05) is 15.9 Å². The first kappa shape index (κ1) is 6.74. The summed E-state index contributed by atoms with van der Waals surface area (Å²) in [5.41, 5.74) is 0. The normalized spacial score (nSPS) is 29.6. The van der Waals surface area contributed by atoms with Crippen LogP contribution < -0.4 is 0 Å². The molecule has 4 heteroatoms. The van der Waals surface area contributed by atoms with Crippen molar-refractivity contribution >= 4 is 31.9 Å². The van der Waals surface area contributed by atoms with Gasteiger partial charge < -0.3 is 9.84 Å². The third-order valence-corrected chi connectivity index (χ3v) is 2.90. The van der Waals surface area contributed by atoms with E-state index in [-0.39, 0.29) is 0 Å². The van der Waals surface area contributed by atoms with Crippen molar-refractivity contribution in [2.75, 3.05) is 6.61 Å². The number of ether oxygens (including phenoxy) is 1. The summed E-state index contributed by atoms with van der Waals surface area (Å²) in [6, 6.07) is 0. The molecule has 0 fully saturated rings. The minimum Gasteiger partial charge on any atom is -0.364 e. The molecule has 0 saturated carbocycles. The smallest absolute Gasteiger partial charge is 0.189 e. The van der Waals surface area contributed by atoms with E-state index in [0.29, 0.717) is 11.1 Å². The predicted octanol–water partition coefficient (Wildman–Crippen LogP) is 1.34. The lowest BCUT2D eigenvalue weighted by molar-refractivity contribution is -0.0403. The van der Waals surface area contributed by atoms with Gasteiger partial charge in [0.05, 0.1) is 11.1 Å². The zero-order chi connectivity index (χ0) is 6.15. The third kappa shape index (κ3) is 1.13. The van der Waals surface area contributed by atoms with Gasteiger partial charge in [-0.3, -0.25) is 0 Å². The second kappa shape index (κ2) is 2.47. The summed E-state index contributed by atoms with van der Waals surface area (Å²) in [7, 11) is 0. The lowest BCUT2D eigenvalue weighted by Gasteiger charge is -1.97. The van der Waals surface area contributed by atoms with E-state index in [2.05, 4.69) is 31.9 Å². The Balaban J connectivity index is 2.71. The van der Waals surface area contributed by atoms with Crippen LogP contribution in [0, 0.1) is 0 Å². The minimum absolute atomic E-state index is 0.460. The molecule has 1 aliphatic rings. The van der Waals surface area contributed by atoms with Crippen LogP contribution in [0.15, 0.2) is 8.96 Å². The van der Waals surface area contributed by atoms with Gasteiger partial charge >= 0.3 is 0 Å². The quantitative estimate of drug-likeness (QED) is 0.696. The molecule has 0 saturated heterocycles. The maximum Gasteiger partial charge on any atom is 0.189 e. The Morgan fingerprint density at radius 2 is 2.25 bits per heavy atom. The van der Waals surface area contributed by atoms with Crippen molar-refractivity contribution in [3.05, 3.63) is 8.96 Å². The van der Waals surface area contributed by atoms with Gasteiger partial charge in [-0.15, -0.1) is 0 Å². The maximum atomic E-state index is 8.81. The molecule has 8 heavy (non-hydrogen) atoms. The topological polar surface area (TPSA) is 29.5 Å². The fraction of sp³-hybridized carbons (Fsp3) is 0.500. The average Bonchev–Trinajstić information content (AvgIpc) is 1.98. The minimum atomic E-state index is -0.760. The molecule has 0 aromatic carbocycles. The van der Waals surface area contributed by atoms with E-state index < -0.39 is 6.29 Å². The number of aliphatic hydroxyl groups excluding tert-OH is 1. The predicted molar refractivity (Wildman–Crippen MR) is 36.8 cm³/mol. The van der Waals surface area contributed by atoms with Crippen LogP contribution in [0.1, 0.15) is 0 Å². The van der Waals surface area contributed by atoms with Gasteiger partial charge in [-0.25, -0.2) is 0 Å². The molecule has 0 aliphatic carbocycles. The zero-order valence-electron chi connectivity index (χ0n) is 3.90. The first-order chi connectivity index (χ1) is 3.72. The van der Waals surface area contributed by atoms with Crippen LogP contribution in [0.25, 0.3) is 0 Å². The third-order valence-electron chi connectivity index (χ3n) is 0.844. The van der Waals surface area contributed by atoms with Gasteiger partial charge in [-0.2, -0.15) is 0 Å². The molecular weight excluding hydrogens is 240 g/mol. The summed E-state index contributed by atoms with van der Waals surface area (Å²) in [4.78, 5) is 0. The van der Waals surface area contributed by atoms with Crippen molar-refractivity contribution in [2.45, 2.75) is 6.29 Å². The summed E-state index contributed by atoms with van der Waals surface area (Å²) < 4.78 is 6.34. The fourth-order valence-electron chi connectivity index (χ4n) is 0.428. The van der Waals surface area contributed by atoms with E-state index in [0.717, 1.165) is 4.48 Å². The second-order valence-electron chi connectivity index (χ2n) is 1.42. The van der Waals surface area contributed by atoms with Gasteiger partial charge in [0.2, 0.25) is 0 Å². The molecule has 1 heterocycles. The number of aliphatic hydroxyl groups is 1. The largest absolute Gasteiger partial charge is 0.364 e. The summed E-state index contributed by atoms with van der Waals surface area (Å²) in [5, 5.41) is 8.81. The van der Waals surface area contributed by atoms with E-state index in [9.17, 15) is 0 Å². The Kier molecular flexibility index (Phi) is 2.08.